The molecule has 1 atom stereocenters. The van der Waals surface area contributed by atoms with Crippen molar-refractivity contribution in [3.8, 4) is 0 Å². The molecular formula is C12H21N3O2. The van der Waals surface area contributed by atoms with Crippen LogP contribution in [0.2, 0.25) is 0 Å². The minimum atomic E-state index is -0.192. The van der Waals surface area contributed by atoms with Gasteiger partial charge in [-0.3, -0.25) is 9.48 Å². The monoisotopic (exact) mass is 239 g/mol. The maximum absolute atomic E-state index is 12.0. The van der Waals surface area contributed by atoms with Crippen LogP contribution in [-0.4, -0.2) is 33.4 Å². The zero-order valence-electron chi connectivity index (χ0n) is 10.9. The molecule has 1 unspecified atom stereocenters. The molecular weight excluding hydrogens is 218 g/mol. The van der Waals surface area contributed by atoms with Gasteiger partial charge in [0, 0.05) is 12.7 Å². The van der Waals surface area contributed by atoms with Gasteiger partial charge in [-0.2, -0.15) is 5.10 Å². The Morgan fingerprint density at radius 1 is 1.59 bits per heavy atom. The number of aromatic nitrogens is 2. The SMILES string of the molecule is Cc1c(C(=O)NC(CO)CC(C)C)cnn1C. The van der Waals surface area contributed by atoms with E-state index in [4.69, 9.17) is 0 Å². The quantitative estimate of drug-likeness (QED) is 0.801. The Morgan fingerprint density at radius 2 is 2.24 bits per heavy atom. The number of nitrogens with one attached hydrogen (secondary N) is 1. The van der Waals surface area contributed by atoms with Gasteiger partial charge in [0.1, 0.15) is 0 Å². The molecule has 0 aliphatic carbocycles. The third kappa shape index (κ3) is 3.56. The summed E-state index contributed by atoms with van der Waals surface area (Å²) in [4.78, 5) is 12.0. The van der Waals surface area contributed by atoms with E-state index < -0.39 is 0 Å². The molecule has 0 saturated carbocycles. The predicted octanol–water partition coefficient (Wildman–Crippen LogP) is 0.865. The molecule has 1 rings (SSSR count). The number of carbonyl (C=O) groups excluding carboxylic acids is 1. The zero-order chi connectivity index (χ0) is 13.0. The lowest BCUT2D eigenvalue weighted by Crippen LogP contribution is -2.38. The molecule has 0 spiro atoms. The number of rotatable bonds is 5. The molecule has 0 aromatic carbocycles. The summed E-state index contributed by atoms with van der Waals surface area (Å²) in [6.45, 7) is 5.93. The van der Waals surface area contributed by atoms with Crippen LogP contribution in [0.15, 0.2) is 6.20 Å². The first-order chi connectivity index (χ1) is 7.95. The van der Waals surface area contributed by atoms with Crippen molar-refractivity contribution in [2.75, 3.05) is 6.61 Å². The van der Waals surface area contributed by atoms with E-state index in [-0.39, 0.29) is 18.6 Å². The highest BCUT2D eigenvalue weighted by molar-refractivity contribution is 5.95. The third-order valence-electron chi connectivity index (χ3n) is 2.79. The number of aliphatic hydroxyl groups excluding tert-OH is 1. The number of aliphatic hydroxyl groups is 1. The topological polar surface area (TPSA) is 67.2 Å². The Labute approximate surface area is 102 Å². The van der Waals surface area contributed by atoms with E-state index in [1.54, 1.807) is 17.9 Å². The van der Waals surface area contributed by atoms with Gasteiger partial charge in [0.25, 0.3) is 5.91 Å². The highest BCUT2D eigenvalue weighted by Crippen LogP contribution is 2.08. The average Bonchev–Trinajstić information content (AvgIpc) is 2.58. The van der Waals surface area contributed by atoms with Gasteiger partial charge in [-0.05, 0) is 19.3 Å². The lowest BCUT2D eigenvalue weighted by atomic mass is 10.0. The molecule has 0 radical (unpaired) electrons. The molecule has 1 aromatic heterocycles. The zero-order valence-corrected chi connectivity index (χ0v) is 10.9. The number of hydrogen-bond donors (Lipinski definition) is 2. The van der Waals surface area contributed by atoms with E-state index in [1.165, 1.54) is 0 Å². The smallest absolute Gasteiger partial charge is 0.255 e. The number of aryl methyl sites for hydroxylation is 1. The Balaban J connectivity index is 2.68. The van der Waals surface area contributed by atoms with Crippen LogP contribution in [0.1, 0.15) is 36.3 Å². The van der Waals surface area contributed by atoms with E-state index in [1.807, 2.05) is 6.92 Å². The lowest BCUT2D eigenvalue weighted by Gasteiger charge is -2.18. The number of hydrogen-bond acceptors (Lipinski definition) is 3. The summed E-state index contributed by atoms with van der Waals surface area (Å²) in [7, 11) is 1.80. The van der Waals surface area contributed by atoms with E-state index in [0.29, 0.717) is 11.5 Å². The molecule has 2 N–H and O–H groups in total. The van der Waals surface area contributed by atoms with Crippen molar-refractivity contribution >= 4 is 5.91 Å². The summed E-state index contributed by atoms with van der Waals surface area (Å²) in [5, 5.41) is 16.1. The maximum Gasteiger partial charge on any atom is 0.255 e. The number of nitrogens with zero attached hydrogens (tertiary/aromatic N) is 2. The van der Waals surface area contributed by atoms with Crippen LogP contribution < -0.4 is 5.32 Å². The van der Waals surface area contributed by atoms with Crippen LogP contribution in [-0.2, 0) is 7.05 Å². The summed E-state index contributed by atoms with van der Waals surface area (Å²) < 4.78 is 1.66. The molecule has 96 valence electrons. The molecule has 0 aliphatic heterocycles. The van der Waals surface area contributed by atoms with E-state index in [0.717, 1.165) is 12.1 Å². The first-order valence-electron chi connectivity index (χ1n) is 5.86. The maximum atomic E-state index is 12.0. The predicted molar refractivity (Wildman–Crippen MR) is 65.7 cm³/mol. The molecule has 17 heavy (non-hydrogen) atoms. The number of amides is 1. The first-order valence-corrected chi connectivity index (χ1v) is 5.86. The first kappa shape index (κ1) is 13.7. The Kier molecular flexibility index (Phi) is 4.69. The minimum Gasteiger partial charge on any atom is -0.394 e. The van der Waals surface area contributed by atoms with Gasteiger partial charge >= 0.3 is 0 Å². The van der Waals surface area contributed by atoms with Crippen molar-refractivity contribution in [1.29, 1.82) is 0 Å². The van der Waals surface area contributed by atoms with Gasteiger partial charge in [0.05, 0.1) is 24.4 Å². The van der Waals surface area contributed by atoms with Crippen molar-refractivity contribution in [2.24, 2.45) is 13.0 Å². The van der Waals surface area contributed by atoms with Crippen LogP contribution in [0.25, 0.3) is 0 Å². The fraction of sp³-hybridized carbons (Fsp3) is 0.667. The second-order valence-electron chi connectivity index (χ2n) is 4.75. The molecule has 0 saturated heterocycles. The van der Waals surface area contributed by atoms with Gasteiger partial charge in [-0.25, -0.2) is 0 Å². The van der Waals surface area contributed by atoms with Crippen LogP contribution in [0.4, 0.5) is 0 Å². The van der Waals surface area contributed by atoms with Crippen molar-refractivity contribution in [3.63, 3.8) is 0 Å². The third-order valence-corrected chi connectivity index (χ3v) is 2.79. The van der Waals surface area contributed by atoms with Crippen molar-refractivity contribution < 1.29 is 9.90 Å². The van der Waals surface area contributed by atoms with Gasteiger partial charge < -0.3 is 10.4 Å². The Morgan fingerprint density at radius 3 is 2.65 bits per heavy atom. The van der Waals surface area contributed by atoms with Crippen LogP contribution in [0.5, 0.6) is 0 Å². The van der Waals surface area contributed by atoms with Gasteiger partial charge in [-0.1, -0.05) is 13.8 Å². The summed E-state index contributed by atoms with van der Waals surface area (Å²) in [6, 6.07) is -0.192. The van der Waals surface area contributed by atoms with E-state index in [2.05, 4.69) is 24.3 Å². The fourth-order valence-electron chi connectivity index (χ4n) is 1.73. The van der Waals surface area contributed by atoms with Crippen molar-refractivity contribution in [2.45, 2.75) is 33.2 Å². The molecule has 0 bridgehead atoms. The van der Waals surface area contributed by atoms with Gasteiger partial charge in [-0.15, -0.1) is 0 Å². The molecule has 0 fully saturated rings. The molecule has 5 nitrogen and oxygen atoms in total. The van der Waals surface area contributed by atoms with Crippen molar-refractivity contribution in [3.05, 3.63) is 17.5 Å². The van der Waals surface area contributed by atoms with E-state index in [9.17, 15) is 9.90 Å². The normalized spacial score (nSPS) is 12.8. The number of carbonyl (C=O) groups is 1. The summed E-state index contributed by atoms with van der Waals surface area (Å²) in [5.74, 6) is 0.262. The van der Waals surface area contributed by atoms with E-state index >= 15 is 0 Å². The Bertz CT molecular complexity index is 385. The second-order valence-corrected chi connectivity index (χ2v) is 4.75. The van der Waals surface area contributed by atoms with Crippen molar-refractivity contribution in [1.82, 2.24) is 15.1 Å². The molecule has 1 aromatic rings. The molecule has 1 heterocycles. The largest absolute Gasteiger partial charge is 0.394 e. The molecule has 0 aliphatic rings. The van der Waals surface area contributed by atoms with Gasteiger partial charge in [0.2, 0.25) is 0 Å². The fourth-order valence-corrected chi connectivity index (χ4v) is 1.73. The lowest BCUT2D eigenvalue weighted by molar-refractivity contribution is 0.0907. The standard InChI is InChI=1S/C12H21N3O2/c1-8(2)5-10(7-16)14-12(17)11-6-13-15(4)9(11)3/h6,8,10,16H,5,7H2,1-4H3,(H,14,17). The van der Waals surface area contributed by atoms with Crippen LogP contribution >= 0.6 is 0 Å². The van der Waals surface area contributed by atoms with Crippen LogP contribution in [0, 0.1) is 12.8 Å². The molecule has 5 heteroatoms. The minimum absolute atomic E-state index is 0.0385. The average molecular weight is 239 g/mol. The van der Waals surface area contributed by atoms with Crippen LogP contribution in [0.3, 0.4) is 0 Å². The summed E-state index contributed by atoms with van der Waals surface area (Å²) in [5.41, 5.74) is 1.39. The summed E-state index contributed by atoms with van der Waals surface area (Å²) in [6.07, 6.45) is 2.32. The highest BCUT2D eigenvalue weighted by Gasteiger charge is 2.17. The second kappa shape index (κ2) is 5.82. The highest BCUT2D eigenvalue weighted by atomic mass is 16.3. The Hall–Kier alpha value is -1.36. The summed E-state index contributed by atoms with van der Waals surface area (Å²) >= 11 is 0. The molecule has 1 amide bonds. The van der Waals surface area contributed by atoms with Gasteiger partial charge in [0.15, 0.2) is 0 Å².